The van der Waals surface area contributed by atoms with Crippen LogP contribution in [0.25, 0.3) is 0 Å². The molecule has 0 fully saturated rings. The zero-order valence-electron chi connectivity index (χ0n) is 24.8. The molecule has 0 bridgehead atoms. The third kappa shape index (κ3) is 11.4. The number of carboxylic acids is 1. The highest BCUT2D eigenvalue weighted by atomic mass is 16.5. The van der Waals surface area contributed by atoms with Crippen molar-refractivity contribution in [3.63, 3.8) is 0 Å². The van der Waals surface area contributed by atoms with Gasteiger partial charge in [-0.05, 0) is 83.4 Å². The van der Waals surface area contributed by atoms with E-state index in [0.717, 1.165) is 36.5 Å². The van der Waals surface area contributed by atoms with Gasteiger partial charge in [0.15, 0.2) is 18.0 Å². The van der Waals surface area contributed by atoms with Crippen LogP contribution >= 0.6 is 0 Å². The monoisotopic (exact) mass is 583 g/mol. The molecule has 2 aliphatic rings. The SMILES string of the molecule is C=C(NCCCCOc1ccc(N[C@H]2N=C(N(N)C3=CC[C@H](OCCCC(=O)O)C=C3)C(N)=CN2)cc1)OC(C)(C)C. The lowest BCUT2D eigenvalue weighted by Gasteiger charge is -2.29. The summed E-state index contributed by atoms with van der Waals surface area (Å²) in [6.07, 6.45) is 9.74. The van der Waals surface area contributed by atoms with E-state index in [-0.39, 0.29) is 18.1 Å². The first-order valence-corrected chi connectivity index (χ1v) is 14.2. The molecule has 230 valence electrons. The van der Waals surface area contributed by atoms with E-state index in [1.54, 1.807) is 6.20 Å². The average molecular weight is 584 g/mol. The minimum atomic E-state index is -0.827. The molecule has 0 saturated carbocycles. The zero-order chi connectivity index (χ0) is 30.5. The molecule has 8 N–H and O–H groups in total. The second-order valence-electron chi connectivity index (χ2n) is 10.9. The molecule has 0 radical (unpaired) electrons. The van der Waals surface area contributed by atoms with Gasteiger partial charge < -0.3 is 41.0 Å². The largest absolute Gasteiger partial charge is 0.494 e. The van der Waals surface area contributed by atoms with Gasteiger partial charge in [-0.1, -0.05) is 12.2 Å². The number of carboxylic acid groups (broad SMARTS) is 1. The molecule has 12 nitrogen and oxygen atoms in total. The lowest BCUT2D eigenvalue weighted by atomic mass is 10.1. The lowest BCUT2D eigenvalue weighted by Crippen LogP contribution is -2.46. The van der Waals surface area contributed by atoms with Crippen molar-refractivity contribution in [1.82, 2.24) is 15.6 Å². The highest BCUT2D eigenvalue weighted by Crippen LogP contribution is 2.20. The number of aliphatic carboxylic acids is 1. The maximum absolute atomic E-state index is 10.6. The Labute approximate surface area is 248 Å². The minimum Gasteiger partial charge on any atom is -0.494 e. The number of nitrogens with zero attached hydrogens (tertiary/aromatic N) is 2. The van der Waals surface area contributed by atoms with Crippen LogP contribution in [0.4, 0.5) is 5.69 Å². The Morgan fingerprint density at radius 2 is 1.98 bits per heavy atom. The Hall–Kier alpha value is -4.16. The first kappa shape index (κ1) is 32.4. The number of aliphatic imine (C=N–C) groups is 1. The van der Waals surface area contributed by atoms with Gasteiger partial charge >= 0.3 is 5.97 Å². The summed E-state index contributed by atoms with van der Waals surface area (Å²) >= 11 is 0. The van der Waals surface area contributed by atoms with Crippen molar-refractivity contribution in [2.45, 2.75) is 70.9 Å². The maximum Gasteiger partial charge on any atom is 0.303 e. The van der Waals surface area contributed by atoms with Crippen LogP contribution in [-0.2, 0) is 14.3 Å². The molecule has 1 aliphatic carbocycles. The van der Waals surface area contributed by atoms with Gasteiger partial charge in [-0.15, -0.1) is 0 Å². The van der Waals surface area contributed by atoms with E-state index >= 15 is 0 Å². The third-order valence-corrected chi connectivity index (χ3v) is 6.07. The van der Waals surface area contributed by atoms with Gasteiger partial charge in [0.1, 0.15) is 11.4 Å². The summed E-state index contributed by atoms with van der Waals surface area (Å²) in [5.41, 5.74) is 7.90. The standard InChI is InChI=1S/C30H45N7O5/c1-21(42-30(2,3)4)33-17-5-6-18-40-24-13-9-22(10-14-24)35-29-34-20-26(31)28(36-29)37(32)23-11-15-25(16-12-23)41-19-7-8-27(38)39/h9-15,20,25,29,33-35H,1,5-8,16-19,31-32H2,2-4H3,(H,38,39)/t25-,29+/m1/s1. The topological polar surface area (TPSA) is 169 Å². The number of benzene rings is 1. The molecule has 3 rings (SSSR count). The minimum absolute atomic E-state index is 0.0884. The van der Waals surface area contributed by atoms with Crippen LogP contribution in [-0.4, -0.2) is 59.7 Å². The lowest BCUT2D eigenvalue weighted by molar-refractivity contribution is -0.137. The summed E-state index contributed by atoms with van der Waals surface area (Å²) in [6, 6.07) is 7.66. The molecule has 0 aromatic heterocycles. The van der Waals surface area contributed by atoms with E-state index in [1.807, 2.05) is 63.3 Å². The molecule has 0 amide bonds. The second-order valence-corrected chi connectivity index (χ2v) is 10.9. The third-order valence-electron chi connectivity index (χ3n) is 6.07. The highest BCUT2D eigenvalue weighted by Gasteiger charge is 2.22. The van der Waals surface area contributed by atoms with Gasteiger partial charge in [-0.2, -0.15) is 0 Å². The molecule has 0 saturated heterocycles. The summed E-state index contributed by atoms with van der Waals surface area (Å²) in [7, 11) is 0. The number of amidine groups is 1. The zero-order valence-corrected chi connectivity index (χ0v) is 24.8. The first-order chi connectivity index (χ1) is 20.0. The van der Waals surface area contributed by atoms with Crippen LogP contribution in [0.15, 0.2) is 77.5 Å². The van der Waals surface area contributed by atoms with Gasteiger partial charge in [0, 0.05) is 31.5 Å². The normalized spacial score (nSPS) is 18.1. The van der Waals surface area contributed by atoms with Crippen molar-refractivity contribution in [3.8, 4) is 5.75 Å². The summed E-state index contributed by atoms with van der Waals surface area (Å²) in [5.74, 6) is 7.34. The van der Waals surface area contributed by atoms with E-state index in [0.29, 0.717) is 43.5 Å². The molecule has 1 aromatic rings. The van der Waals surface area contributed by atoms with Crippen LogP contribution in [0.5, 0.6) is 5.75 Å². The van der Waals surface area contributed by atoms with Crippen molar-refractivity contribution in [3.05, 3.63) is 72.5 Å². The fourth-order valence-corrected chi connectivity index (χ4v) is 4.07. The van der Waals surface area contributed by atoms with Crippen LogP contribution < -0.4 is 32.3 Å². The number of allylic oxidation sites excluding steroid dienone is 1. The number of ether oxygens (including phenoxy) is 3. The Kier molecular flexibility index (Phi) is 12.1. The molecule has 1 aromatic carbocycles. The number of unbranched alkanes of at least 4 members (excludes halogenated alkanes) is 1. The molecular formula is C30H45N7O5. The number of hydrogen-bond acceptors (Lipinski definition) is 11. The average Bonchev–Trinajstić information content (AvgIpc) is 2.94. The second kappa shape index (κ2) is 15.7. The Morgan fingerprint density at radius 1 is 1.21 bits per heavy atom. The predicted molar refractivity (Wildman–Crippen MR) is 164 cm³/mol. The van der Waals surface area contributed by atoms with Crippen molar-refractivity contribution in [2.75, 3.05) is 25.1 Å². The maximum atomic E-state index is 10.6. The number of hydrazine groups is 1. The number of rotatable bonds is 16. The van der Waals surface area contributed by atoms with Crippen molar-refractivity contribution in [1.29, 1.82) is 0 Å². The molecule has 2 atom stereocenters. The van der Waals surface area contributed by atoms with E-state index in [9.17, 15) is 4.79 Å². The Balaban J connectivity index is 1.41. The molecule has 0 spiro atoms. The van der Waals surface area contributed by atoms with Crippen LogP contribution in [0.2, 0.25) is 0 Å². The molecule has 0 unspecified atom stereocenters. The van der Waals surface area contributed by atoms with Crippen molar-refractivity contribution in [2.24, 2.45) is 16.6 Å². The summed E-state index contributed by atoms with van der Waals surface area (Å²) in [5, 5.41) is 19.8. The van der Waals surface area contributed by atoms with Crippen molar-refractivity contribution >= 4 is 17.5 Å². The number of nitrogens with two attached hydrogens (primary N) is 2. The highest BCUT2D eigenvalue weighted by molar-refractivity contribution is 5.99. The number of carbonyl (C=O) groups is 1. The number of anilines is 1. The number of nitrogens with one attached hydrogen (secondary N) is 3. The summed E-state index contributed by atoms with van der Waals surface area (Å²) < 4.78 is 17.2. The summed E-state index contributed by atoms with van der Waals surface area (Å²) in [6.45, 7) is 11.6. The van der Waals surface area contributed by atoms with Gasteiger partial charge in [0.2, 0.25) is 0 Å². The first-order valence-electron chi connectivity index (χ1n) is 14.2. The summed E-state index contributed by atoms with van der Waals surface area (Å²) in [4.78, 5) is 15.3. The smallest absolute Gasteiger partial charge is 0.303 e. The number of hydrogen-bond donors (Lipinski definition) is 6. The van der Waals surface area contributed by atoms with Gasteiger partial charge in [-0.25, -0.2) is 10.8 Å². The molecule has 42 heavy (non-hydrogen) atoms. The van der Waals surface area contributed by atoms with Gasteiger partial charge in [0.25, 0.3) is 0 Å². The van der Waals surface area contributed by atoms with E-state index < -0.39 is 12.3 Å². The van der Waals surface area contributed by atoms with E-state index in [2.05, 4.69) is 27.5 Å². The van der Waals surface area contributed by atoms with E-state index in [4.69, 9.17) is 30.9 Å². The predicted octanol–water partition coefficient (Wildman–Crippen LogP) is 3.49. The van der Waals surface area contributed by atoms with Crippen LogP contribution in [0, 0.1) is 0 Å². The fourth-order valence-electron chi connectivity index (χ4n) is 4.07. The van der Waals surface area contributed by atoms with Gasteiger partial charge in [0.05, 0.1) is 24.1 Å². The Bertz CT molecular complexity index is 1170. The van der Waals surface area contributed by atoms with Gasteiger partial charge in [-0.3, -0.25) is 9.80 Å². The molecular weight excluding hydrogens is 538 g/mol. The Morgan fingerprint density at radius 3 is 2.64 bits per heavy atom. The quantitative estimate of drug-likeness (QED) is 0.0729. The molecule has 12 heteroatoms. The van der Waals surface area contributed by atoms with Crippen LogP contribution in [0.3, 0.4) is 0 Å². The van der Waals surface area contributed by atoms with Crippen LogP contribution in [0.1, 0.15) is 52.9 Å². The fraction of sp³-hybridized carbons (Fsp3) is 0.467. The molecule has 1 aliphatic heterocycles. The van der Waals surface area contributed by atoms with Crippen molar-refractivity contribution < 1.29 is 24.1 Å². The van der Waals surface area contributed by atoms with E-state index in [1.165, 1.54) is 5.01 Å². The molecule has 1 heterocycles.